The van der Waals surface area contributed by atoms with Crippen molar-refractivity contribution >= 4 is 15.7 Å². The van der Waals surface area contributed by atoms with Crippen LogP contribution in [0, 0.1) is 28.4 Å². The van der Waals surface area contributed by atoms with Gasteiger partial charge in [0, 0.05) is 24.6 Å². The van der Waals surface area contributed by atoms with E-state index in [2.05, 4.69) is 4.72 Å². The Morgan fingerprint density at radius 3 is 2.72 bits per heavy atom. The molecule has 0 atom stereocenters. The second-order valence-corrected chi connectivity index (χ2v) is 5.20. The maximum atomic E-state index is 11.9. The summed E-state index contributed by atoms with van der Waals surface area (Å²) in [6.45, 7) is 1.35. The fourth-order valence-electron chi connectivity index (χ4n) is 1.41. The van der Waals surface area contributed by atoms with E-state index in [1.807, 2.05) is 0 Å². The first-order chi connectivity index (χ1) is 8.40. The molecule has 0 unspecified atom stereocenters. The lowest BCUT2D eigenvalue weighted by Gasteiger charge is -2.08. The van der Waals surface area contributed by atoms with Crippen molar-refractivity contribution in [2.75, 3.05) is 6.54 Å². The van der Waals surface area contributed by atoms with E-state index in [0.29, 0.717) is 0 Å². The number of nitrogens with one attached hydrogen (secondary N) is 1. The number of hydrogen-bond donors (Lipinski definition) is 1. The zero-order valence-electron chi connectivity index (χ0n) is 9.58. The van der Waals surface area contributed by atoms with Gasteiger partial charge in [-0.2, -0.15) is 5.26 Å². The smallest absolute Gasteiger partial charge is 0.258 e. The van der Waals surface area contributed by atoms with E-state index in [9.17, 15) is 18.5 Å². The van der Waals surface area contributed by atoms with Crippen LogP contribution in [0.15, 0.2) is 23.1 Å². The SMILES string of the molecule is Cc1c([N+](=O)[O-])cccc1S(=O)(=O)NCCC#N. The summed E-state index contributed by atoms with van der Waals surface area (Å²) in [4.78, 5) is 9.93. The van der Waals surface area contributed by atoms with Gasteiger partial charge in [-0.15, -0.1) is 0 Å². The minimum Gasteiger partial charge on any atom is -0.258 e. The summed E-state index contributed by atoms with van der Waals surface area (Å²) in [7, 11) is -3.82. The highest BCUT2D eigenvalue weighted by atomic mass is 32.2. The fraction of sp³-hybridized carbons (Fsp3) is 0.300. The third-order valence-electron chi connectivity index (χ3n) is 2.27. The summed E-state index contributed by atoms with van der Waals surface area (Å²) in [5.74, 6) is 0. The van der Waals surface area contributed by atoms with Gasteiger partial charge in [0.15, 0.2) is 0 Å². The molecule has 0 saturated heterocycles. The van der Waals surface area contributed by atoms with E-state index in [4.69, 9.17) is 5.26 Å². The van der Waals surface area contributed by atoms with Crippen LogP contribution in [0.5, 0.6) is 0 Å². The molecule has 18 heavy (non-hydrogen) atoms. The zero-order chi connectivity index (χ0) is 13.8. The first-order valence-electron chi connectivity index (χ1n) is 5.01. The molecule has 1 aromatic rings. The molecule has 8 heteroatoms. The standard InChI is InChI=1S/C10H11N3O4S/c1-8-9(13(14)15)4-2-5-10(8)18(16,17)12-7-3-6-11/h2,4-5,12H,3,7H2,1H3. The third-order valence-corrected chi connectivity index (χ3v) is 3.88. The second kappa shape index (κ2) is 5.57. The summed E-state index contributed by atoms with van der Waals surface area (Å²) in [5.41, 5.74) is -0.176. The molecule has 7 nitrogen and oxygen atoms in total. The first-order valence-corrected chi connectivity index (χ1v) is 6.49. The Hall–Kier alpha value is -1.98. The first kappa shape index (κ1) is 14.1. The number of hydrogen-bond acceptors (Lipinski definition) is 5. The quantitative estimate of drug-likeness (QED) is 0.488. The van der Waals surface area contributed by atoms with E-state index < -0.39 is 14.9 Å². The van der Waals surface area contributed by atoms with E-state index in [0.717, 1.165) is 0 Å². The fourth-order valence-corrected chi connectivity index (χ4v) is 2.70. The van der Waals surface area contributed by atoms with Crippen LogP contribution < -0.4 is 4.72 Å². The van der Waals surface area contributed by atoms with Crippen molar-refractivity contribution in [1.29, 1.82) is 5.26 Å². The molecule has 0 bridgehead atoms. The number of nitriles is 1. The van der Waals surface area contributed by atoms with E-state index >= 15 is 0 Å². The highest BCUT2D eigenvalue weighted by molar-refractivity contribution is 7.89. The molecular formula is C10H11N3O4S. The number of rotatable bonds is 5. The molecule has 0 aliphatic heterocycles. The molecule has 0 amide bonds. The van der Waals surface area contributed by atoms with Crippen molar-refractivity contribution in [1.82, 2.24) is 4.72 Å². The molecule has 0 aliphatic rings. The largest absolute Gasteiger partial charge is 0.273 e. The van der Waals surface area contributed by atoms with Gasteiger partial charge in [-0.05, 0) is 13.0 Å². The van der Waals surface area contributed by atoms with E-state index in [1.165, 1.54) is 25.1 Å². The van der Waals surface area contributed by atoms with Crippen molar-refractivity contribution in [3.63, 3.8) is 0 Å². The van der Waals surface area contributed by atoms with Gasteiger partial charge in [-0.1, -0.05) is 6.07 Å². The lowest BCUT2D eigenvalue weighted by atomic mass is 10.2. The molecule has 1 aromatic carbocycles. The molecule has 96 valence electrons. The maximum Gasteiger partial charge on any atom is 0.273 e. The van der Waals surface area contributed by atoms with Crippen molar-refractivity contribution < 1.29 is 13.3 Å². The molecule has 1 N–H and O–H groups in total. The van der Waals surface area contributed by atoms with Crippen LogP contribution >= 0.6 is 0 Å². The molecule has 0 heterocycles. The summed E-state index contributed by atoms with van der Waals surface area (Å²) in [5, 5.41) is 19.0. The van der Waals surface area contributed by atoms with Crippen LogP contribution in [0.4, 0.5) is 5.69 Å². The highest BCUT2D eigenvalue weighted by Gasteiger charge is 2.22. The van der Waals surface area contributed by atoms with Crippen LogP contribution in [-0.4, -0.2) is 19.9 Å². The van der Waals surface area contributed by atoms with Gasteiger partial charge in [-0.3, -0.25) is 10.1 Å². The minimum atomic E-state index is -3.82. The Balaban J connectivity index is 3.14. The molecule has 0 spiro atoms. The normalized spacial score (nSPS) is 10.9. The highest BCUT2D eigenvalue weighted by Crippen LogP contribution is 2.24. The molecule has 0 aromatic heterocycles. The predicted molar refractivity (Wildman–Crippen MR) is 63.3 cm³/mol. The average Bonchev–Trinajstić information content (AvgIpc) is 2.28. The molecule has 1 rings (SSSR count). The maximum absolute atomic E-state index is 11.9. The Morgan fingerprint density at radius 1 is 1.50 bits per heavy atom. The number of sulfonamides is 1. The lowest BCUT2D eigenvalue weighted by molar-refractivity contribution is -0.385. The van der Waals surface area contributed by atoms with Crippen LogP contribution in [0.25, 0.3) is 0 Å². The minimum absolute atomic E-state index is 0.0268. The van der Waals surface area contributed by atoms with Gasteiger partial charge in [0.25, 0.3) is 5.69 Å². The Bertz CT molecular complexity index is 604. The van der Waals surface area contributed by atoms with Crippen molar-refractivity contribution in [2.24, 2.45) is 0 Å². The number of nitro benzene ring substituents is 1. The van der Waals surface area contributed by atoms with Crippen LogP contribution in [0.3, 0.4) is 0 Å². The molecule has 0 saturated carbocycles. The van der Waals surface area contributed by atoms with Gasteiger partial charge >= 0.3 is 0 Å². The molecule has 0 fully saturated rings. The van der Waals surface area contributed by atoms with Gasteiger partial charge in [0.05, 0.1) is 15.9 Å². The molecule has 0 aliphatic carbocycles. The van der Waals surface area contributed by atoms with Gasteiger partial charge in [0.1, 0.15) is 0 Å². The number of nitro groups is 1. The molecule has 0 radical (unpaired) electrons. The third kappa shape index (κ3) is 3.03. The van der Waals surface area contributed by atoms with Gasteiger partial charge in [-0.25, -0.2) is 13.1 Å². The van der Waals surface area contributed by atoms with Crippen molar-refractivity contribution in [3.05, 3.63) is 33.9 Å². The van der Waals surface area contributed by atoms with Crippen molar-refractivity contribution in [2.45, 2.75) is 18.2 Å². The van der Waals surface area contributed by atoms with Crippen molar-refractivity contribution in [3.8, 4) is 6.07 Å². The average molecular weight is 269 g/mol. The number of nitrogens with zero attached hydrogens (tertiary/aromatic N) is 2. The molecular weight excluding hydrogens is 258 g/mol. The van der Waals surface area contributed by atoms with Crippen LogP contribution in [0.1, 0.15) is 12.0 Å². The van der Waals surface area contributed by atoms with Crippen LogP contribution in [-0.2, 0) is 10.0 Å². The van der Waals surface area contributed by atoms with E-state index in [1.54, 1.807) is 6.07 Å². The summed E-state index contributed by atoms with van der Waals surface area (Å²) < 4.78 is 25.9. The predicted octanol–water partition coefficient (Wildman–Crippen LogP) is 1.10. The second-order valence-electron chi connectivity index (χ2n) is 3.46. The monoisotopic (exact) mass is 269 g/mol. The van der Waals surface area contributed by atoms with Gasteiger partial charge in [0.2, 0.25) is 10.0 Å². The summed E-state index contributed by atoms with van der Waals surface area (Å²) in [6.07, 6.45) is 0.0349. The summed E-state index contributed by atoms with van der Waals surface area (Å²) in [6, 6.07) is 5.64. The van der Waals surface area contributed by atoms with Crippen LogP contribution in [0.2, 0.25) is 0 Å². The number of benzene rings is 1. The van der Waals surface area contributed by atoms with E-state index in [-0.39, 0.29) is 29.1 Å². The van der Waals surface area contributed by atoms with Gasteiger partial charge < -0.3 is 0 Å². The zero-order valence-corrected chi connectivity index (χ0v) is 10.4. The lowest BCUT2D eigenvalue weighted by Crippen LogP contribution is -2.25. The topological polar surface area (TPSA) is 113 Å². The summed E-state index contributed by atoms with van der Waals surface area (Å²) >= 11 is 0. The Labute approximate surface area is 104 Å². The Kier molecular flexibility index (Phi) is 4.36. The Morgan fingerprint density at radius 2 is 2.17 bits per heavy atom.